The third kappa shape index (κ3) is 6.27. The molecule has 1 saturated heterocycles. The van der Waals surface area contributed by atoms with Crippen LogP contribution in [0.15, 0.2) is 66.7 Å². The summed E-state index contributed by atoms with van der Waals surface area (Å²) in [6, 6.07) is 20.0. The average molecular weight is 509 g/mol. The van der Waals surface area contributed by atoms with Gasteiger partial charge in [0.15, 0.2) is 0 Å². The van der Waals surface area contributed by atoms with E-state index in [-0.39, 0.29) is 18.4 Å². The largest absolute Gasteiger partial charge is 0.494 e. The lowest BCUT2D eigenvalue weighted by atomic mass is 10.2. The van der Waals surface area contributed by atoms with Crippen molar-refractivity contribution in [2.75, 3.05) is 62.5 Å². The number of piperazine rings is 1. The number of rotatable bonds is 8. The minimum atomic E-state index is -0.273. The van der Waals surface area contributed by atoms with Crippen molar-refractivity contribution in [3.05, 3.63) is 77.3 Å². The highest BCUT2D eigenvalue weighted by Gasteiger charge is 2.21. The van der Waals surface area contributed by atoms with Crippen LogP contribution in [0.25, 0.3) is 0 Å². The molecule has 0 spiro atoms. The van der Waals surface area contributed by atoms with E-state index >= 15 is 0 Å². The molecule has 2 N–H and O–H groups in total. The highest BCUT2D eigenvalue weighted by molar-refractivity contribution is 6.30. The van der Waals surface area contributed by atoms with E-state index in [2.05, 4.69) is 20.4 Å². The van der Waals surface area contributed by atoms with Gasteiger partial charge in [0.05, 0.1) is 32.1 Å². The van der Waals surface area contributed by atoms with Gasteiger partial charge >= 0.3 is 0 Å². The summed E-state index contributed by atoms with van der Waals surface area (Å²) in [5.74, 6) is 0.397. The van der Waals surface area contributed by atoms with Crippen LogP contribution in [0.4, 0.5) is 17.1 Å². The number of halogens is 1. The van der Waals surface area contributed by atoms with Crippen LogP contribution in [0.3, 0.4) is 0 Å². The number of nitrogens with zero attached hydrogens (tertiary/aromatic N) is 2. The Morgan fingerprint density at radius 2 is 1.42 bits per heavy atom. The summed E-state index contributed by atoms with van der Waals surface area (Å²) in [5, 5.41) is 6.48. The lowest BCUT2D eigenvalue weighted by molar-refractivity contribution is -0.117. The molecule has 3 aromatic carbocycles. The molecule has 8 nitrogen and oxygen atoms in total. The van der Waals surface area contributed by atoms with Gasteiger partial charge in [0, 0.05) is 54.6 Å². The molecule has 36 heavy (non-hydrogen) atoms. The van der Waals surface area contributed by atoms with Crippen LogP contribution in [0, 0.1) is 0 Å². The van der Waals surface area contributed by atoms with Gasteiger partial charge in [0.1, 0.15) is 11.5 Å². The zero-order valence-electron chi connectivity index (χ0n) is 20.3. The van der Waals surface area contributed by atoms with E-state index in [1.54, 1.807) is 36.4 Å². The normalized spacial score (nSPS) is 13.7. The second-order valence-corrected chi connectivity index (χ2v) is 8.80. The number of carbonyl (C=O) groups excluding carboxylic acids is 2. The van der Waals surface area contributed by atoms with Gasteiger partial charge in [-0.15, -0.1) is 0 Å². The molecule has 0 atom stereocenters. The molecule has 0 unspecified atom stereocenters. The third-order valence-corrected chi connectivity index (χ3v) is 6.26. The molecule has 1 heterocycles. The standard InChI is InChI=1S/C27H29ClN4O4/c1-35-24-17-23(30-27(34)19-6-4-3-5-7-19)25(36-2)16-22(24)29-26(33)18-31-12-14-32(15-13-31)21-10-8-20(28)9-11-21/h3-11,16-17H,12-15,18H2,1-2H3,(H,29,33)(H,30,34). The Balaban J connectivity index is 1.37. The summed E-state index contributed by atoms with van der Waals surface area (Å²) in [6.45, 7) is 3.43. The highest BCUT2D eigenvalue weighted by atomic mass is 35.5. The summed E-state index contributed by atoms with van der Waals surface area (Å²) in [4.78, 5) is 29.8. The zero-order chi connectivity index (χ0) is 25.5. The molecule has 188 valence electrons. The van der Waals surface area contributed by atoms with E-state index in [1.165, 1.54) is 14.2 Å². The number of carbonyl (C=O) groups is 2. The van der Waals surface area contributed by atoms with E-state index in [0.717, 1.165) is 31.9 Å². The fraction of sp³-hybridized carbons (Fsp3) is 0.259. The Morgan fingerprint density at radius 3 is 2.00 bits per heavy atom. The van der Waals surface area contributed by atoms with Gasteiger partial charge in [0.2, 0.25) is 5.91 Å². The molecule has 1 fully saturated rings. The van der Waals surface area contributed by atoms with Crippen LogP contribution in [-0.4, -0.2) is 63.7 Å². The van der Waals surface area contributed by atoms with Crippen molar-refractivity contribution < 1.29 is 19.1 Å². The summed E-state index contributed by atoms with van der Waals surface area (Å²) >= 11 is 5.99. The number of nitrogens with one attached hydrogen (secondary N) is 2. The molecule has 0 radical (unpaired) electrons. The molecule has 0 aliphatic carbocycles. The molecule has 4 rings (SSSR count). The molecular formula is C27H29ClN4O4. The Labute approximate surface area is 215 Å². The van der Waals surface area contributed by atoms with Crippen molar-refractivity contribution in [2.24, 2.45) is 0 Å². The van der Waals surface area contributed by atoms with E-state index in [9.17, 15) is 9.59 Å². The van der Waals surface area contributed by atoms with Crippen molar-refractivity contribution in [1.82, 2.24) is 4.90 Å². The van der Waals surface area contributed by atoms with Crippen molar-refractivity contribution in [3.63, 3.8) is 0 Å². The molecule has 2 amide bonds. The van der Waals surface area contributed by atoms with Gasteiger partial charge in [-0.25, -0.2) is 0 Å². The first-order chi connectivity index (χ1) is 17.5. The first-order valence-corrected chi connectivity index (χ1v) is 12.0. The molecule has 0 bridgehead atoms. The van der Waals surface area contributed by atoms with Crippen LogP contribution < -0.4 is 25.0 Å². The second kappa shape index (κ2) is 11.8. The minimum Gasteiger partial charge on any atom is -0.494 e. The predicted octanol–water partition coefficient (Wildman–Crippen LogP) is 4.37. The fourth-order valence-corrected chi connectivity index (χ4v) is 4.21. The number of methoxy groups -OCH3 is 2. The number of hydrogen-bond donors (Lipinski definition) is 2. The Hall–Kier alpha value is -3.75. The maximum Gasteiger partial charge on any atom is 0.255 e. The van der Waals surface area contributed by atoms with Crippen LogP contribution in [0.2, 0.25) is 5.02 Å². The third-order valence-electron chi connectivity index (χ3n) is 6.01. The van der Waals surface area contributed by atoms with E-state index < -0.39 is 0 Å². The van der Waals surface area contributed by atoms with Gasteiger partial charge in [-0.05, 0) is 36.4 Å². The smallest absolute Gasteiger partial charge is 0.255 e. The van der Waals surface area contributed by atoms with Crippen molar-refractivity contribution in [1.29, 1.82) is 0 Å². The van der Waals surface area contributed by atoms with E-state index in [0.29, 0.717) is 33.5 Å². The molecular weight excluding hydrogens is 480 g/mol. The van der Waals surface area contributed by atoms with Crippen LogP contribution in [-0.2, 0) is 4.79 Å². The Kier molecular flexibility index (Phi) is 8.30. The summed E-state index contributed by atoms with van der Waals surface area (Å²) in [7, 11) is 3.02. The minimum absolute atomic E-state index is 0.156. The van der Waals surface area contributed by atoms with E-state index in [1.807, 2.05) is 30.3 Å². The van der Waals surface area contributed by atoms with Gasteiger partial charge in [-0.3, -0.25) is 14.5 Å². The molecule has 1 aliphatic heterocycles. The number of anilines is 3. The van der Waals surface area contributed by atoms with Gasteiger partial charge < -0.3 is 25.0 Å². The number of hydrogen-bond acceptors (Lipinski definition) is 6. The summed E-state index contributed by atoms with van der Waals surface area (Å²) < 4.78 is 11.0. The van der Waals surface area contributed by atoms with Crippen LogP contribution in [0.5, 0.6) is 11.5 Å². The van der Waals surface area contributed by atoms with Gasteiger partial charge in [0.25, 0.3) is 5.91 Å². The molecule has 9 heteroatoms. The molecule has 1 aliphatic rings. The van der Waals surface area contributed by atoms with Crippen molar-refractivity contribution in [2.45, 2.75) is 0 Å². The SMILES string of the molecule is COc1cc(NC(=O)c2ccccc2)c(OC)cc1NC(=O)CN1CCN(c2ccc(Cl)cc2)CC1. The second-order valence-electron chi connectivity index (χ2n) is 8.36. The topological polar surface area (TPSA) is 83.1 Å². The average Bonchev–Trinajstić information content (AvgIpc) is 2.90. The molecule has 0 aromatic heterocycles. The maximum atomic E-state index is 12.8. The fourth-order valence-electron chi connectivity index (χ4n) is 4.09. The molecule has 3 aromatic rings. The monoisotopic (exact) mass is 508 g/mol. The van der Waals surface area contributed by atoms with Crippen molar-refractivity contribution in [3.8, 4) is 11.5 Å². The summed E-state index contributed by atoms with van der Waals surface area (Å²) in [5.41, 5.74) is 2.56. The van der Waals surface area contributed by atoms with Gasteiger partial charge in [-0.1, -0.05) is 29.8 Å². The number of ether oxygens (including phenoxy) is 2. The van der Waals surface area contributed by atoms with Crippen molar-refractivity contribution >= 4 is 40.5 Å². The number of amides is 2. The Bertz CT molecular complexity index is 1200. The van der Waals surface area contributed by atoms with Crippen LogP contribution >= 0.6 is 11.6 Å². The lowest BCUT2D eigenvalue weighted by Gasteiger charge is -2.35. The zero-order valence-corrected chi connectivity index (χ0v) is 21.0. The predicted molar refractivity (Wildman–Crippen MR) is 143 cm³/mol. The number of benzene rings is 3. The van der Waals surface area contributed by atoms with Crippen LogP contribution in [0.1, 0.15) is 10.4 Å². The Morgan fingerprint density at radius 1 is 0.833 bits per heavy atom. The lowest BCUT2D eigenvalue weighted by Crippen LogP contribution is -2.48. The highest BCUT2D eigenvalue weighted by Crippen LogP contribution is 2.36. The summed E-state index contributed by atoms with van der Waals surface area (Å²) in [6.07, 6.45) is 0. The van der Waals surface area contributed by atoms with Gasteiger partial charge in [-0.2, -0.15) is 0 Å². The maximum absolute atomic E-state index is 12.8. The quantitative estimate of drug-likeness (QED) is 0.470. The molecule has 0 saturated carbocycles. The van der Waals surface area contributed by atoms with E-state index in [4.69, 9.17) is 21.1 Å². The first-order valence-electron chi connectivity index (χ1n) is 11.6. The first kappa shape index (κ1) is 25.3.